The number of likely N-dealkylation sites (tertiary alicyclic amines) is 1. The van der Waals surface area contributed by atoms with E-state index in [1.165, 1.54) is 32.4 Å². The van der Waals surface area contributed by atoms with E-state index in [4.69, 9.17) is 4.74 Å². The third-order valence-electron chi connectivity index (χ3n) is 5.21. The van der Waals surface area contributed by atoms with Crippen molar-refractivity contribution in [2.75, 3.05) is 59.5 Å². The van der Waals surface area contributed by atoms with E-state index in [1.807, 2.05) is 0 Å². The Morgan fingerprint density at radius 1 is 0.840 bits per heavy atom. The minimum absolute atomic E-state index is 0.343. The van der Waals surface area contributed by atoms with Crippen molar-refractivity contribution in [3.05, 3.63) is 24.3 Å². The Balaban J connectivity index is 1.50. The standard InChI is InChI=1S/C18H29N3O3S/c1-24-17-5-7-18(8-6-17)25(22,23)21-15-13-20(14-16-21)12-11-19-9-3-2-4-10-19/h5-8H,2-4,9-16H2,1H3. The molecule has 2 saturated heterocycles. The Morgan fingerprint density at radius 2 is 1.40 bits per heavy atom. The van der Waals surface area contributed by atoms with Gasteiger partial charge in [0, 0.05) is 39.3 Å². The minimum atomic E-state index is -3.41. The maximum Gasteiger partial charge on any atom is 0.243 e. The molecule has 1 aromatic rings. The van der Waals surface area contributed by atoms with Crippen molar-refractivity contribution >= 4 is 10.0 Å². The molecule has 0 N–H and O–H groups in total. The van der Waals surface area contributed by atoms with E-state index in [-0.39, 0.29) is 0 Å². The Kier molecular flexibility index (Phi) is 6.33. The van der Waals surface area contributed by atoms with Crippen LogP contribution in [-0.2, 0) is 10.0 Å². The first-order valence-corrected chi connectivity index (χ1v) is 10.6. The molecule has 0 radical (unpaired) electrons. The molecule has 0 aromatic heterocycles. The number of piperidine rings is 1. The molecule has 140 valence electrons. The van der Waals surface area contributed by atoms with Crippen molar-refractivity contribution in [3.8, 4) is 5.75 Å². The van der Waals surface area contributed by atoms with Gasteiger partial charge in [0.2, 0.25) is 10.0 Å². The van der Waals surface area contributed by atoms with Crippen LogP contribution >= 0.6 is 0 Å². The molecule has 2 fully saturated rings. The maximum atomic E-state index is 12.8. The SMILES string of the molecule is COc1ccc(S(=O)(=O)N2CCN(CCN3CCCCC3)CC2)cc1. The fourth-order valence-corrected chi connectivity index (χ4v) is 4.98. The number of rotatable bonds is 6. The lowest BCUT2D eigenvalue weighted by Gasteiger charge is -2.35. The molecule has 2 heterocycles. The van der Waals surface area contributed by atoms with Crippen molar-refractivity contribution in [1.82, 2.24) is 14.1 Å². The van der Waals surface area contributed by atoms with Crippen molar-refractivity contribution in [3.63, 3.8) is 0 Å². The highest BCUT2D eigenvalue weighted by atomic mass is 32.2. The number of sulfonamides is 1. The van der Waals surface area contributed by atoms with Crippen LogP contribution in [0.4, 0.5) is 0 Å². The normalized spacial score (nSPS) is 21.3. The van der Waals surface area contributed by atoms with Crippen LogP contribution in [0.1, 0.15) is 19.3 Å². The zero-order chi connectivity index (χ0) is 17.7. The summed E-state index contributed by atoms with van der Waals surface area (Å²) in [6, 6.07) is 6.64. The van der Waals surface area contributed by atoms with Gasteiger partial charge in [-0.3, -0.25) is 4.90 Å². The molecule has 2 aliphatic heterocycles. The maximum absolute atomic E-state index is 12.8. The van der Waals surface area contributed by atoms with Crippen molar-refractivity contribution < 1.29 is 13.2 Å². The van der Waals surface area contributed by atoms with E-state index in [2.05, 4.69) is 9.80 Å². The Morgan fingerprint density at radius 3 is 1.96 bits per heavy atom. The zero-order valence-electron chi connectivity index (χ0n) is 15.1. The van der Waals surface area contributed by atoms with Gasteiger partial charge in [-0.2, -0.15) is 4.31 Å². The van der Waals surface area contributed by atoms with Gasteiger partial charge in [0.1, 0.15) is 5.75 Å². The number of nitrogens with zero attached hydrogens (tertiary/aromatic N) is 3. The third-order valence-corrected chi connectivity index (χ3v) is 7.12. The largest absolute Gasteiger partial charge is 0.497 e. The molecule has 0 bridgehead atoms. The van der Waals surface area contributed by atoms with E-state index >= 15 is 0 Å². The van der Waals surface area contributed by atoms with Gasteiger partial charge in [-0.1, -0.05) is 6.42 Å². The fourth-order valence-electron chi connectivity index (χ4n) is 3.56. The van der Waals surface area contributed by atoms with Gasteiger partial charge < -0.3 is 9.64 Å². The molecule has 0 unspecified atom stereocenters. The van der Waals surface area contributed by atoms with Crippen LogP contribution in [0.25, 0.3) is 0 Å². The van der Waals surface area contributed by atoms with Crippen LogP contribution in [0.2, 0.25) is 0 Å². The molecule has 0 atom stereocenters. The molecule has 3 rings (SSSR count). The van der Waals surface area contributed by atoms with Crippen LogP contribution in [0.15, 0.2) is 29.2 Å². The van der Waals surface area contributed by atoms with Gasteiger partial charge in [0.05, 0.1) is 12.0 Å². The minimum Gasteiger partial charge on any atom is -0.497 e. The second-order valence-electron chi connectivity index (χ2n) is 6.82. The smallest absolute Gasteiger partial charge is 0.243 e. The van der Waals surface area contributed by atoms with E-state index < -0.39 is 10.0 Å². The summed E-state index contributed by atoms with van der Waals surface area (Å²) in [4.78, 5) is 5.26. The average Bonchev–Trinajstić information content (AvgIpc) is 2.67. The van der Waals surface area contributed by atoms with Gasteiger partial charge in [-0.25, -0.2) is 8.42 Å². The molecule has 0 spiro atoms. The summed E-state index contributed by atoms with van der Waals surface area (Å²) in [5.41, 5.74) is 0. The first-order chi connectivity index (χ1) is 12.1. The van der Waals surface area contributed by atoms with Crippen LogP contribution in [0.5, 0.6) is 5.75 Å². The van der Waals surface area contributed by atoms with Crippen molar-refractivity contribution in [2.45, 2.75) is 24.2 Å². The summed E-state index contributed by atoms with van der Waals surface area (Å²) in [5.74, 6) is 0.668. The highest BCUT2D eigenvalue weighted by molar-refractivity contribution is 7.89. The van der Waals surface area contributed by atoms with Crippen LogP contribution in [0.3, 0.4) is 0 Å². The lowest BCUT2D eigenvalue weighted by atomic mass is 10.1. The van der Waals surface area contributed by atoms with Crippen LogP contribution in [-0.4, -0.2) is 82.0 Å². The molecule has 1 aromatic carbocycles. The predicted molar refractivity (Wildman–Crippen MR) is 98.5 cm³/mol. The Hall–Kier alpha value is -1.15. The predicted octanol–water partition coefficient (Wildman–Crippen LogP) is 1.49. The van der Waals surface area contributed by atoms with Gasteiger partial charge in [0.15, 0.2) is 0 Å². The highest BCUT2D eigenvalue weighted by Crippen LogP contribution is 2.20. The number of benzene rings is 1. The number of hydrogen-bond acceptors (Lipinski definition) is 5. The van der Waals surface area contributed by atoms with Crippen molar-refractivity contribution in [1.29, 1.82) is 0 Å². The summed E-state index contributed by atoms with van der Waals surface area (Å²) >= 11 is 0. The molecule has 0 amide bonds. The van der Waals surface area contributed by atoms with E-state index in [9.17, 15) is 8.42 Å². The first kappa shape index (κ1) is 18.6. The lowest BCUT2D eigenvalue weighted by molar-refractivity contribution is 0.149. The lowest BCUT2D eigenvalue weighted by Crippen LogP contribution is -2.50. The van der Waals surface area contributed by atoms with Crippen LogP contribution in [0, 0.1) is 0 Å². The first-order valence-electron chi connectivity index (χ1n) is 9.18. The summed E-state index contributed by atoms with van der Waals surface area (Å²) in [7, 11) is -1.83. The molecule has 2 aliphatic rings. The van der Waals surface area contributed by atoms with Gasteiger partial charge in [0.25, 0.3) is 0 Å². The Bertz CT molecular complexity index is 634. The van der Waals surface area contributed by atoms with Gasteiger partial charge in [-0.05, 0) is 50.2 Å². The molecule has 0 saturated carbocycles. The van der Waals surface area contributed by atoms with E-state index in [0.29, 0.717) is 23.7 Å². The number of ether oxygens (including phenoxy) is 1. The molecule has 7 heteroatoms. The van der Waals surface area contributed by atoms with E-state index in [1.54, 1.807) is 35.7 Å². The fraction of sp³-hybridized carbons (Fsp3) is 0.667. The number of hydrogen-bond donors (Lipinski definition) is 0. The van der Waals surface area contributed by atoms with Gasteiger partial charge >= 0.3 is 0 Å². The zero-order valence-corrected chi connectivity index (χ0v) is 15.9. The molecular weight excluding hydrogens is 338 g/mol. The topological polar surface area (TPSA) is 53.1 Å². The molecular formula is C18H29N3O3S. The van der Waals surface area contributed by atoms with Crippen LogP contribution < -0.4 is 4.74 Å². The second-order valence-corrected chi connectivity index (χ2v) is 8.76. The molecule has 25 heavy (non-hydrogen) atoms. The summed E-state index contributed by atoms with van der Waals surface area (Å²) in [5, 5.41) is 0. The number of piperazine rings is 1. The third kappa shape index (κ3) is 4.73. The highest BCUT2D eigenvalue weighted by Gasteiger charge is 2.28. The molecule has 0 aliphatic carbocycles. The second kappa shape index (κ2) is 8.49. The monoisotopic (exact) mass is 367 g/mol. The molecule has 6 nitrogen and oxygen atoms in total. The number of methoxy groups -OCH3 is 1. The van der Waals surface area contributed by atoms with Crippen molar-refractivity contribution in [2.24, 2.45) is 0 Å². The quantitative estimate of drug-likeness (QED) is 0.762. The summed E-state index contributed by atoms with van der Waals surface area (Å²) in [6.45, 7) is 7.31. The van der Waals surface area contributed by atoms with E-state index in [0.717, 1.165) is 26.2 Å². The summed E-state index contributed by atoms with van der Waals surface area (Å²) < 4.78 is 32.2. The summed E-state index contributed by atoms with van der Waals surface area (Å²) in [6.07, 6.45) is 3.99. The average molecular weight is 368 g/mol. The Labute approximate surface area is 151 Å². The van der Waals surface area contributed by atoms with Gasteiger partial charge in [-0.15, -0.1) is 0 Å².